The first-order valence-electron chi connectivity index (χ1n) is 11.2. The van der Waals surface area contributed by atoms with Crippen LogP contribution >= 0.6 is 0 Å². The Morgan fingerprint density at radius 1 is 1.12 bits per heavy atom. The van der Waals surface area contributed by atoms with Gasteiger partial charge in [-0.1, -0.05) is 6.07 Å². The minimum absolute atomic E-state index is 0.192. The van der Waals surface area contributed by atoms with Gasteiger partial charge in [-0.25, -0.2) is 19.6 Å². The molecule has 0 aliphatic carbocycles. The van der Waals surface area contributed by atoms with Crippen molar-refractivity contribution in [2.24, 2.45) is 0 Å². The Hall–Kier alpha value is -3.46. The predicted octanol–water partition coefficient (Wildman–Crippen LogP) is 3.72. The molecule has 172 valence electrons. The van der Waals surface area contributed by atoms with Gasteiger partial charge in [-0.05, 0) is 46.8 Å². The maximum atomic E-state index is 10.1. The summed E-state index contributed by atoms with van der Waals surface area (Å²) in [5, 5.41) is 14.6. The number of aliphatic hydroxyl groups is 1. The molecule has 4 aromatic rings. The predicted molar refractivity (Wildman–Crippen MR) is 125 cm³/mol. The first-order chi connectivity index (χ1) is 15.7. The molecular formula is C24H29N7O2. The van der Waals surface area contributed by atoms with Crippen LogP contribution in [0.5, 0.6) is 5.75 Å². The fraction of sp³-hybridized carbons (Fsp3) is 0.417. The van der Waals surface area contributed by atoms with Crippen LogP contribution in [0.15, 0.2) is 36.9 Å². The van der Waals surface area contributed by atoms with Crippen molar-refractivity contribution >= 4 is 0 Å². The molecule has 9 nitrogen and oxygen atoms in total. The number of hydrogen-bond acceptors (Lipinski definition) is 6. The van der Waals surface area contributed by atoms with Crippen LogP contribution in [-0.4, -0.2) is 51.2 Å². The summed E-state index contributed by atoms with van der Waals surface area (Å²) >= 11 is 0. The van der Waals surface area contributed by atoms with E-state index >= 15 is 0 Å². The Balaban J connectivity index is 1.51. The zero-order valence-electron chi connectivity index (χ0n) is 19.6. The fourth-order valence-electron chi connectivity index (χ4n) is 4.16. The quantitative estimate of drug-likeness (QED) is 0.501. The van der Waals surface area contributed by atoms with Gasteiger partial charge in [-0.3, -0.25) is 0 Å². The van der Waals surface area contributed by atoms with Gasteiger partial charge >= 0.3 is 0 Å². The standard InChI is InChI=1S/C24H29N7O2/c1-15(2)31-23(26-16(3)28-31)20-12-30-8-9-33-21-10-17(6-7-18(21)22(30)27-20)19-11-29(14-25-19)13-24(4,5)32/h6-7,10-12,14-15,32H,8-9,13H2,1-5H3. The zero-order chi connectivity index (χ0) is 23.3. The third-order valence-corrected chi connectivity index (χ3v) is 5.54. The molecule has 0 fully saturated rings. The molecular weight excluding hydrogens is 418 g/mol. The van der Waals surface area contributed by atoms with E-state index in [1.165, 1.54) is 0 Å². The molecule has 1 N–H and O–H groups in total. The zero-order valence-corrected chi connectivity index (χ0v) is 19.6. The Morgan fingerprint density at radius 3 is 2.70 bits per heavy atom. The van der Waals surface area contributed by atoms with E-state index in [9.17, 15) is 5.11 Å². The molecule has 0 saturated heterocycles. The Morgan fingerprint density at radius 2 is 1.94 bits per heavy atom. The van der Waals surface area contributed by atoms with Crippen molar-refractivity contribution in [2.75, 3.05) is 6.61 Å². The number of aromatic nitrogens is 7. The lowest BCUT2D eigenvalue weighted by molar-refractivity contribution is 0.0615. The lowest BCUT2D eigenvalue weighted by Gasteiger charge is -2.16. The average Bonchev–Trinajstić information content (AvgIpc) is 3.43. The van der Waals surface area contributed by atoms with Crippen LogP contribution in [0.4, 0.5) is 0 Å². The molecule has 0 radical (unpaired) electrons. The molecule has 1 aliphatic heterocycles. The van der Waals surface area contributed by atoms with E-state index in [0.29, 0.717) is 19.7 Å². The van der Waals surface area contributed by atoms with Crippen LogP contribution in [0, 0.1) is 6.92 Å². The lowest BCUT2D eigenvalue weighted by atomic mass is 10.1. The van der Waals surface area contributed by atoms with Crippen LogP contribution in [0.1, 0.15) is 39.6 Å². The molecule has 4 heterocycles. The Bertz CT molecular complexity index is 1310. The number of rotatable bonds is 5. The highest BCUT2D eigenvalue weighted by molar-refractivity contribution is 5.73. The summed E-state index contributed by atoms with van der Waals surface area (Å²) < 4.78 is 12.0. The highest BCUT2D eigenvalue weighted by Crippen LogP contribution is 2.36. The van der Waals surface area contributed by atoms with E-state index in [-0.39, 0.29) is 6.04 Å². The first-order valence-corrected chi connectivity index (χ1v) is 11.2. The molecule has 0 unspecified atom stereocenters. The smallest absolute Gasteiger partial charge is 0.178 e. The summed E-state index contributed by atoms with van der Waals surface area (Å²) in [6.45, 7) is 11.4. The van der Waals surface area contributed by atoms with Crippen LogP contribution < -0.4 is 4.74 Å². The maximum absolute atomic E-state index is 10.1. The molecule has 0 bridgehead atoms. The van der Waals surface area contributed by atoms with Crippen molar-refractivity contribution in [3.63, 3.8) is 0 Å². The van der Waals surface area contributed by atoms with Crippen LogP contribution in [0.3, 0.4) is 0 Å². The lowest BCUT2D eigenvalue weighted by Crippen LogP contribution is -2.25. The highest BCUT2D eigenvalue weighted by atomic mass is 16.5. The van der Waals surface area contributed by atoms with Crippen LogP contribution in [-0.2, 0) is 13.1 Å². The second-order valence-electron chi connectivity index (χ2n) is 9.47. The minimum atomic E-state index is -0.804. The van der Waals surface area contributed by atoms with E-state index < -0.39 is 5.60 Å². The van der Waals surface area contributed by atoms with Crippen molar-refractivity contribution in [3.8, 4) is 39.9 Å². The second kappa shape index (κ2) is 7.84. The Labute approximate surface area is 192 Å². The summed E-state index contributed by atoms with van der Waals surface area (Å²) in [5.41, 5.74) is 2.73. The molecule has 3 aromatic heterocycles. The van der Waals surface area contributed by atoms with E-state index in [4.69, 9.17) is 9.72 Å². The van der Waals surface area contributed by atoms with Gasteiger partial charge < -0.3 is 19.0 Å². The second-order valence-corrected chi connectivity index (χ2v) is 9.47. The van der Waals surface area contributed by atoms with E-state index in [1.54, 1.807) is 20.2 Å². The summed E-state index contributed by atoms with van der Waals surface area (Å²) in [5.74, 6) is 3.15. The van der Waals surface area contributed by atoms with Crippen LogP contribution in [0.2, 0.25) is 0 Å². The topological polar surface area (TPSA) is 95.8 Å². The fourth-order valence-corrected chi connectivity index (χ4v) is 4.16. The molecule has 0 amide bonds. The van der Waals surface area contributed by atoms with Crippen molar-refractivity contribution < 1.29 is 9.84 Å². The van der Waals surface area contributed by atoms with Gasteiger partial charge in [0.15, 0.2) is 5.82 Å². The van der Waals surface area contributed by atoms with E-state index in [2.05, 4.69) is 33.5 Å². The largest absolute Gasteiger partial charge is 0.491 e. The van der Waals surface area contributed by atoms with Crippen molar-refractivity contribution in [2.45, 2.75) is 59.4 Å². The third kappa shape index (κ3) is 4.16. The number of benzene rings is 1. The van der Waals surface area contributed by atoms with Gasteiger partial charge in [-0.15, -0.1) is 0 Å². The number of imidazole rings is 2. The summed E-state index contributed by atoms with van der Waals surface area (Å²) in [4.78, 5) is 14.1. The summed E-state index contributed by atoms with van der Waals surface area (Å²) in [6, 6.07) is 6.27. The van der Waals surface area contributed by atoms with Crippen LogP contribution in [0.25, 0.3) is 34.2 Å². The molecule has 0 saturated carbocycles. The minimum Gasteiger partial charge on any atom is -0.491 e. The Kier molecular flexibility index (Phi) is 5.08. The highest BCUT2D eigenvalue weighted by Gasteiger charge is 2.23. The van der Waals surface area contributed by atoms with Crippen molar-refractivity contribution in [1.82, 2.24) is 33.9 Å². The van der Waals surface area contributed by atoms with Gasteiger partial charge in [0.1, 0.15) is 29.7 Å². The number of nitrogens with zero attached hydrogens (tertiary/aromatic N) is 7. The van der Waals surface area contributed by atoms with Crippen molar-refractivity contribution in [1.29, 1.82) is 0 Å². The summed E-state index contributed by atoms with van der Waals surface area (Å²) in [6.07, 6.45) is 5.71. The molecule has 0 spiro atoms. The number of fused-ring (bicyclic) bond motifs is 3. The molecule has 0 atom stereocenters. The molecule has 1 aliphatic rings. The van der Waals surface area contributed by atoms with Gasteiger partial charge in [0.05, 0.1) is 36.3 Å². The SMILES string of the molecule is Cc1nc(-c2cn3c(n2)-c2ccc(-c4cn(CC(C)(C)O)cn4)cc2OCC3)n(C(C)C)n1. The average molecular weight is 448 g/mol. The normalized spacial score (nSPS) is 13.5. The number of ether oxygens (including phenoxy) is 1. The van der Waals surface area contributed by atoms with Gasteiger partial charge in [0.2, 0.25) is 0 Å². The third-order valence-electron chi connectivity index (χ3n) is 5.54. The van der Waals surface area contributed by atoms with E-state index in [1.807, 2.05) is 46.8 Å². The number of aryl methyl sites for hydroxylation is 1. The molecule has 5 rings (SSSR count). The maximum Gasteiger partial charge on any atom is 0.178 e. The van der Waals surface area contributed by atoms with Gasteiger partial charge in [0, 0.05) is 24.0 Å². The molecule has 33 heavy (non-hydrogen) atoms. The number of hydrogen-bond donors (Lipinski definition) is 1. The van der Waals surface area contributed by atoms with Gasteiger partial charge in [-0.2, -0.15) is 5.10 Å². The van der Waals surface area contributed by atoms with Gasteiger partial charge in [0.25, 0.3) is 0 Å². The van der Waals surface area contributed by atoms with Crippen molar-refractivity contribution in [3.05, 3.63) is 42.7 Å². The monoisotopic (exact) mass is 447 g/mol. The van der Waals surface area contributed by atoms with E-state index in [0.717, 1.165) is 45.7 Å². The first kappa shape index (κ1) is 21.4. The summed E-state index contributed by atoms with van der Waals surface area (Å²) in [7, 11) is 0. The molecule has 9 heteroatoms. The molecule has 1 aromatic carbocycles.